The van der Waals surface area contributed by atoms with Gasteiger partial charge in [0.25, 0.3) is 0 Å². The molecule has 1 aromatic carbocycles. The fraction of sp³-hybridized carbons (Fsp3) is 0.350. The van der Waals surface area contributed by atoms with Crippen molar-refractivity contribution in [1.82, 2.24) is 25.4 Å². The van der Waals surface area contributed by atoms with Crippen LogP contribution in [0.25, 0.3) is 33.1 Å². The smallest absolute Gasteiger partial charge is 0.433 e. The van der Waals surface area contributed by atoms with E-state index in [4.69, 9.17) is 9.72 Å². The Bertz CT molecular complexity index is 1220. The minimum atomic E-state index is -4.54. The van der Waals surface area contributed by atoms with Crippen molar-refractivity contribution in [1.29, 1.82) is 0 Å². The molecule has 1 aliphatic rings. The molecule has 0 spiro atoms. The largest absolute Gasteiger partial charge is 0.492 e. The summed E-state index contributed by atoms with van der Waals surface area (Å²) in [5.41, 5.74) is 2.70. The van der Waals surface area contributed by atoms with Crippen LogP contribution in [-0.2, 0) is 19.0 Å². The second-order valence-corrected chi connectivity index (χ2v) is 7.14. The Balaban J connectivity index is 1.91. The molecule has 0 fully saturated rings. The lowest BCUT2D eigenvalue weighted by Crippen LogP contribution is -2.12. The van der Waals surface area contributed by atoms with Crippen LogP contribution in [0.2, 0.25) is 0 Å². The van der Waals surface area contributed by atoms with Gasteiger partial charge >= 0.3 is 6.18 Å². The van der Waals surface area contributed by atoms with E-state index in [2.05, 4.69) is 20.4 Å². The van der Waals surface area contributed by atoms with Crippen molar-refractivity contribution in [2.45, 2.75) is 38.8 Å². The molecule has 0 radical (unpaired) electrons. The summed E-state index contributed by atoms with van der Waals surface area (Å²) < 4.78 is 46.4. The lowest BCUT2D eigenvalue weighted by atomic mass is 9.85. The van der Waals surface area contributed by atoms with Gasteiger partial charge in [-0.2, -0.15) is 23.4 Å². The Hall–Kier alpha value is -3.10. The molecule has 5 rings (SSSR count). The van der Waals surface area contributed by atoms with Crippen molar-refractivity contribution in [2.75, 3.05) is 6.61 Å². The fourth-order valence-corrected chi connectivity index (χ4v) is 4.26. The highest BCUT2D eigenvalue weighted by Gasteiger charge is 2.37. The molecule has 0 amide bonds. The predicted molar refractivity (Wildman–Crippen MR) is 102 cm³/mol. The van der Waals surface area contributed by atoms with Gasteiger partial charge in [0.05, 0.1) is 35.8 Å². The summed E-state index contributed by atoms with van der Waals surface area (Å²) in [6.07, 6.45) is 1.74. The number of aromatic nitrogens is 5. The van der Waals surface area contributed by atoms with Gasteiger partial charge in [0.15, 0.2) is 0 Å². The molecule has 0 saturated carbocycles. The SMILES string of the molecule is CCOc1cc2[nH]ncc2c2c3c(c(-c4cn[nH]c4C(F)(F)F)nc12)CCCC3. The minimum Gasteiger partial charge on any atom is -0.492 e. The molecule has 0 unspecified atom stereocenters. The number of H-pyrrole nitrogens is 2. The van der Waals surface area contributed by atoms with Gasteiger partial charge < -0.3 is 4.74 Å². The van der Waals surface area contributed by atoms with Crippen LogP contribution in [0.15, 0.2) is 18.5 Å². The minimum absolute atomic E-state index is 0.0210. The number of aryl methyl sites for hydroxylation is 1. The molecule has 4 aromatic rings. The number of rotatable bonds is 3. The zero-order chi connectivity index (χ0) is 20.2. The first-order valence-corrected chi connectivity index (χ1v) is 9.54. The summed E-state index contributed by atoms with van der Waals surface area (Å²) in [5.74, 6) is 0.533. The van der Waals surface area contributed by atoms with Crippen LogP contribution in [0.4, 0.5) is 13.2 Å². The number of halogens is 3. The van der Waals surface area contributed by atoms with E-state index in [0.29, 0.717) is 30.0 Å². The number of alkyl halides is 3. The first-order chi connectivity index (χ1) is 14.0. The maximum atomic E-state index is 13.5. The van der Waals surface area contributed by atoms with Crippen molar-refractivity contribution in [2.24, 2.45) is 0 Å². The average molecular weight is 401 g/mol. The Morgan fingerprint density at radius 3 is 2.59 bits per heavy atom. The summed E-state index contributed by atoms with van der Waals surface area (Å²) >= 11 is 0. The molecule has 2 N–H and O–H groups in total. The van der Waals surface area contributed by atoms with E-state index >= 15 is 0 Å². The number of benzene rings is 1. The van der Waals surface area contributed by atoms with Gasteiger partial charge in [-0.25, -0.2) is 4.98 Å². The first-order valence-electron chi connectivity index (χ1n) is 9.54. The molecule has 1 aliphatic carbocycles. The third-order valence-corrected chi connectivity index (χ3v) is 5.44. The van der Waals surface area contributed by atoms with Crippen LogP contribution in [-0.4, -0.2) is 32.0 Å². The number of pyridine rings is 1. The second kappa shape index (κ2) is 6.47. The van der Waals surface area contributed by atoms with Crippen LogP contribution >= 0.6 is 0 Å². The number of nitrogens with zero attached hydrogens (tertiary/aromatic N) is 3. The Labute approximate surface area is 163 Å². The van der Waals surface area contributed by atoms with Gasteiger partial charge in [-0.1, -0.05) is 0 Å². The molecule has 29 heavy (non-hydrogen) atoms. The molecule has 3 aromatic heterocycles. The predicted octanol–water partition coefficient (Wildman–Crippen LogP) is 4.80. The first kappa shape index (κ1) is 18.0. The number of fused-ring (bicyclic) bond motifs is 5. The molecule has 3 heterocycles. The maximum absolute atomic E-state index is 13.5. The molecule has 6 nitrogen and oxygen atoms in total. The zero-order valence-electron chi connectivity index (χ0n) is 15.7. The lowest BCUT2D eigenvalue weighted by molar-refractivity contribution is -0.140. The van der Waals surface area contributed by atoms with Crippen LogP contribution in [0.3, 0.4) is 0 Å². The van der Waals surface area contributed by atoms with Gasteiger partial charge in [-0.05, 0) is 43.7 Å². The van der Waals surface area contributed by atoms with E-state index in [0.717, 1.165) is 46.7 Å². The van der Waals surface area contributed by atoms with E-state index in [1.54, 1.807) is 12.3 Å². The molecule has 150 valence electrons. The van der Waals surface area contributed by atoms with Gasteiger partial charge in [-0.3, -0.25) is 10.2 Å². The number of aromatic amines is 2. The van der Waals surface area contributed by atoms with Crippen molar-refractivity contribution >= 4 is 21.8 Å². The van der Waals surface area contributed by atoms with E-state index in [9.17, 15) is 13.2 Å². The maximum Gasteiger partial charge on any atom is 0.433 e. The molecule has 0 bridgehead atoms. The molecule has 0 atom stereocenters. The number of hydrogen-bond donors (Lipinski definition) is 2. The average Bonchev–Trinajstić information content (AvgIpc) is 3.36. The Morgan fingerprint density at radius 2 is 1.83 bits per heavy atom. The third-order valence-electron chi connectivity index (χ3n) is 5.44. The summed E-state index contributed by atoms with van der Waals surface area (Å²) in [5, 5.41) is 14.7. The fourth-order valence-electron chi connectivity index (χ4n) is 4.26. The van der Waals surface area contributed by atoms with Gasteiger partial charge in [-0.15, -0.1) is 0 Å². The summed E-state index contributed by atoms with van der Waals surface area (Å²) in [4.78, 5) is 4.73. The highest BCUT2D eigenvalue weighted by Crippen LogP contribution is 2.43. The molecule has 0 aliphatic heterocycles. The van der Waals surface area contributed by atoms with Gasteiger partial charge in [0, 0.05) is 16.8 Å². The number of ether oxygens (including phenoxy) is 1. The highest BCUT2D eigenvalue weighted by molar-refractivity contribution is 6.10. The number of hydrogen-bond acceptors (Lipinski definition) is 4. The molecule has 9 heteroatoms. The van der Waals surface area contributed by atoms with Crippen molar-refractivity contribution in [3.05, 3.63) is 35.3 Å². The van der Waals surface area contributed by atoms with Crippen LogP contribution in [0, 0.1) is 0 Å². The van der Waals surface area contributed by atoms with E-state index < -0.39 is 11.9 Å². The van der Waals surface area contributed by atoms with Crippen molar-refractivity contribution in [3.63, 3.8) is 0 Å². The molecular formula is C20H18F3N5O. The van der Waals surface area contributed by atoms with Crippen LogP contribution in [0.1, 0.15) is 36.6 Å². The van der Waals surface area contributed by atoms with Crippen molar-refractivity contribution in [3.8, 4) is 17.0 Å². The standard InChI is InChI=1S/C20H18F3N5O/c1-2-29-15-7-14-12(8-24-27-14)16-10-5-3-4-6-11(10)17(26-18(15)16)13-9-25-28-19(13)20(21,22)23/h7-9H,2-6H2,1H3,(H,24,27)(H,25,28). The van der Waals surface area contributed by atoms with Crippen molar-refractivity contribution < 1.29 is 17.9 Å². The Morgan fingerprint density at radius 1 is 1.07 bits per heavy atom. The second-order valence-electron chi connectivity index (χ2n) is 7.14. The van der Waals surface area contributed by atoms with E-state index in [1.165, 1.54) is 6.20 Å². The monoisotopic (exact) mass is 401 g/mol. The van der Waals surface area contributed by atoms with E-state index in [-0.39, 0.29) is 5.56 Å². The summed E-state index contributed by atoms with van der Waals surface area (Å²) in [7, 11) is 0. The Kier molecular flexibility index (Phi) is 4.01. The van der Waals surface area contributed by atoms with E-state index in [1.807, 2.05) is 6.92 Å². The summed E-state index contributed by atoms with van der Waals surface area (Å²) in [6, 6.07) is 1.81. The van der Waals surface area contributed by atoms with Crippen LogP contribution in [0.5, 0.6) is 5.75 Å². The normalized spacial score (nSPS) is 14.5. The number of nitrogens with one attached hydrogen (secondary N) is 2. The highest BCUT2D eigenvalue weighted by atomic mass is 19.4. The third kappa shape index (κ3) is 2.75. The zero-order valence-corrected chi connectivity index (χ0v) is 15.7. The quantitative estimate of drug-likeness (QED) is 0.517. The molecular weight excluding hydrogens is 383 g/mol. The van der Waals surface area contributed by atoms with Gasteiger partial charge in [0.2, 0.25) is 0 Å². The summed E-state index contributed by atoms with van der Waals surface area (Å²) in [6.45, 7) is 2.28. The topological polar surface area (TPSA) is 79.5 Å². The van der Waals surface area contributed by atoms with Crippen LogP contribution < -0.4 is 4.74 Å². The molecule has 0 saturated heterocycles. The van der Waals surface area contributed by atoms with Gasteiger partial charge in [0.1, 0.15) is 17.0 Å². The lowest BCUT2D eigenvalue weighted by Gasteiger charge is -2.23.